The van der Waals surface area contributed by atoms with E-state index < -0.39 is 0 Å². The summed E-state index contributed by atoms with van der Waals surface area (Å²) in [5.74, 6) is 0.201. The van der Waals surface area contributed by atoms with Gasteiger partial charge in [0.25, 0.3) is 5.91 Å². The zero-order valence-electron chi connectivity index (χ0n) is 18.5. The van der Waals surface area contributed by atoms with E-state index in [1.807, 2.05) is 63.2 Å². The number of nitrogens with one attached hydrogen (secondary N) is 1. The third kappa shape index (κ3) is 6.72. The predicted molar refractivity (Wildman–Crippen MR) is 122 cm³/mol. The molecular formula is C24H31N3O4. The van der Waals surface area contributed by atoms with Gasteiger partial charge in [0.1, 0.15) is 5.75 Å². The Kier molecular flexibility index (Phi) is 7.89. The third-order valence-corrected chi connectivity index (χ3v) is 5.15. The summed E-state index contributed by atoms with van der Waals surface area (Å²) in [7, 11) is 0. The fourth-order valence-corrected chi connectivity index (χ4v) is 3.58. The molecule has 1 heterocycles. The Morgan fingerprint density at radius 2 is 1.71 bits per heavy atom. The van der Waals surface area contributed by atoms with Crippen LogP contribution >= 0.6 is 0 Å². The number of hydrogen-bond donors (Lipinski definition) is 1. The highest BCUT2D eigenvalue weighted by Crippen LogP contribution is 2.19. The monoisotopic (exact) mass is 425 g/mol. The lowest BCUT2D eigenvalue weighted by molar-refractivity contribution is -0.136. The second kappa shape index (κ2) is 10.8. The Bertz CT molecular complexity index is 872. The van der Waals surface area contributed by atoms with Gasteiger partial charge in [-0.2, -0.15) is 0 Å². The number of morpholine rings is 1. The van der Waals surface area contributed by atoms with Crippen LogP contribution in [0.25, 0.3) is 0 Å². The van der Waals surface area contributed by atoms with E-state index in [4.69, 9.17) is 9.47 Å². The molecule has 0 aliphatic carbocycles. The molecule has 0 radical (unpaired) electrons. The first-order valence-corrected chi connectivity index (χ1v) is 10.7. The molecule has 2 amide bonds. The van der Waals surface area contributed by atoms with Gasteiger partial charge in [0.05, 0.1) is 19.8 Å². The average Bonchev–Trinajstić information content (AvgIpc) is 2.76. The third-order valence-electron chi connectivity index (χ3n) is 5.15. The van der Waals surface area contributed by atoms with Crippen molar-refractivity contribution in [3.63, 3.8) is 0 Å². The number of benzene rings is 2. The van der Waals surface area contributed by atoms with Crippen LogP contribution in [0.15, 0.2) is 42.5 Å². The van der Waals surface area contributed by atoms with Crippen molar-refractivity contribution in [3.8, 4) is 5.75 Å². The molecule has 1 fully saturated rings. The summed E-state index contributed by atoms with van der Waals surface area (Å²) in [6.07, 6.45) is 0. The largest absolute Gasteiger partial charge is 0.484 e. The van der Waals surface area contributed by atoms with E-state index in [1.165, 1.54) is 4.90 Å². The number of rotatable bonds is 8. The van der Waals surface area contributed by atoms with Crippen LogP contribution in [-0.4, -0.2) is 62.7 Å². The number of likely N-dealkylation sites (N-methyl/N-ethyl adjacent to an activating group) is 1. The predicted octanol–water partition coefficient (Wildman–Crippen LogP) is 3.01. The molecule has 0 aromatic heterocycles. The molecule has 0 spiro atoms. The highest BCUT2D eigenvalue weighted by atomic mass is 16.5. The van der Waals surface area contributed by atoms with E-state index >= 15 is 0 Å². The summed E-state index contributed by atoms with van der Waals surface area (Å²) in [4.78, 5) is 28.7. The van der Waals surface area contributed by atoms with E-state index in [2.05, 4.69) is 10.2 Å². The highest BCUT2D eigenvalue weighted by molar-refractivity contribution is 5.94. The highest BCUT2D eigenvalue weighted by Gasteiger charge is 2.17. The molecule has 0 atom stereocenters. The van der Waals surface area contributed by atoms with Crippen molar-refractivity contribution < 1.29 is 19.1 Å². The summed E-state index contributed by atoms with van der Waals surface area (Å²) in [6, 6.07) is 13.6. The second-order valence-electron chi connectivity index (χ2n) is 7.71. The molecule has 3 rings (SSSR count). The van der Waals surface area contributed by atoms with Crippen LogP contribution in [0, 0.1) is 13.8 Å². The van der Waals surface area contributed by atoms with Crippen molar-refractivity contribution in [3.05, 3.63) is 53.6 Å². The van der Waals surface area contributed by atoms with Gasteiger partial charge < -0.3 is 24.6 Å². The first-order chi connectivity index (χ1) is 14.9. The Morgan fingerprint density at radius 1 is 1.06 bits per heavy atom. The summed E-state index contributed by atoms with van der Waals surface area (Å²) >= 11 is 0. The molecular weight excluding hydrogens is 394 g/mol. The average molecular weight is 426 g/mol. The van der Waals surface area contributed by atoms with E-state index in [-0.39, 0.29) is 25.0 Å². The number of hydrogen-bond acceptors (Lipinski definition) is 5. The van der Waals surface area contributed by atoms with Gasteiger partial charge in [-0.3, -0.25) is 9.59 Å². The summed E-state index contributed by atoms with van der Waals surface area (Å²) < 4.78 is 11.0. The maximum atomic E-state index is 12.5. The van der Waals surface area contributed by atoms with E-state index in [9.17, 15) is 9.59 Å². The topological polar surface area (TPSA) is 71.1 Å². The van der Waals surface area contributed by atoms with Crippen molar-refractivity contribution in [1.29, 1.82) is 0 Å². The number of amides is 2. The molecule has 2 aromatic rings. The standard InChI is InChI=1S/C24H31N3O4/c1-4-26(24(29)17-31-22-14-18(2)13-19(3)15-22)16-23(28)25-20-5-7-21(8-6-20)27-9-11-30-12-10-27/h5-8,13-15H,4,9-12,16-17H2,1-3H3,(H,25,28). The maximum Gasteiger partial charge on any atom is 0.260 e. The zero-order valence-corrected chi connectivity index (χ0v) is 18.5. The van der Waals surface area contributed by atoms with Crippen molar-refractivity contribution in [2.45, 2.75) is 20.8 Å². The van der Waals surface area contributed by atoms with Gasteiger partial charge in [-0.1, -0.05) is 6.07 Å². The maximum absolute atomic E-state index is 12.5. The molecule has 7 nitrogen and oxygen atoms in total. The fourth-order valence-electron chi connectivity index (χ4n) is 3.58. The lowest BCUT2D eigenvalue weighted by Crippen LogP contribution is -2.40. The van der Waals surface area contributed by atoms with Crippen LogP contribution in [0.1, 0.15) is 18.1 Å². The van der Waals surface area contributed by atoms with Gasteiger partial charge in [-0.05, 0) is 68.3 Å². The minimum atomic E-state index is -0.235. The van der Waals surface area contributed by atoms with Crippen LogP contribution in [0.4, 0.5) is 11.4 Å². The smallest absolute Gasteiger partial charge is 0.260 e. The number of anilines is 2. The lowest BCUT2D eigenvalue weighted by Gasteiger charge is -2.29. The van der Waals surface area contributed by atoms with Crippen molar-refractivity contribution in [2.24, 2.45) is 0 Å². The Hall–Kier alpha value is -3.06. The van der Waals surface area contributed by atoms with Crippen molar-refractivity contribution in [1.82, 2.24) is 4.90 Å². The van der Waals surface area contributed by atoms with Gasteiger partial charge >= 0.3 is 0 Å². The molecule has 1 aliphatic heterocycles. The summed E-state index contributed by atoms with van der Waals surface area (Å²) in [5, 5.41) is 2.86. The minimum Gasteiger partial charge on any atom is -0.484 e. The normalized spacial score (nSPS) is 13.6. The quantitative estimate of drug-likeness (QED) is 0.704. The molecule has 0 unspecified atom stereocenters. The first kappa shape index (κ1) is 22.6. The fraction of sp³-hybridized carbons (Fsp3) is 0.417. The van der Waals surface area contributed by atoms with Crippen molar-refractivity contribution >= 4 is 23.2 Å². The Balaban J connectivity index is 1.49. The van der Waals surface area contributed by atoms with Crippen LogP contribution in [0.2, 0.25) is 0 Å². The van der Waals surface area contributed by atoms with Gasteiger partial charge in [0.15, 0.2) is 6.61 Å². The molecule has 1 saturated heterocycles. The lowest BCUT2D eigenvalue weighted by atomic mass is 10.1. The molecule has 7 heteroatoms. The van der Waals surface area contributed by atoms with E-state index in [1.54, 1.807) is 0 Å². The zero-order chi connectivity index (χ0) is 22.2. The van der Waals surface area contributed by atoms with Crippen LogP contribution in [0.5, 0.6) is 5.75 Å². The Labute approximate surface area is 183 Å². The van der Waals surface area contributed by atoms with Gasteiger partial charge in [0, 0.05) is 31.0 Å². The van der Waals surface area contributed by atoms with Crippen LogP contribution in [0.3, 0.4) is 0 Å². The minimum absolute atomic E-state index is 0.0171. The van der Waals surface area contributed by atoms with E-state index in [0.717, 1.165) is 43.1 Å². The second-order valence-corrected chi connectivity index (χ2v) is 7.71. The Morgan fingerprint density at radius 3 is 2.32 bits per heavy atom. The molecule has 31 heavy (non-hydrogen) atoms. The van der Waals surface area contributed by atoms with E-state index in [0.29, 0.717) is 18.0 Å². The van der Waals surface area contributed by atoms with Crippen molar-refractivity contribution in [2.75, 3.05) is 56.2 Å². The SMILES string of the molecule is CCN(CC(=O)Nc1ccc(N2CCOCC2)cc1)C(=O)COc1cc(C)cc(C)c1. The number of carbonyl (C=O) groups excluding carboxylic acids is 2. The number of carbonyl (C=O) groups is 2. The summed E-state index contributed by atoms with van der Waals surface area (Å²) in [6.45, 7) is 9.31. The first-order valence-electron chi connectivity index (χ1n) is 10.7. The molecule has 0 saturated carbocycles. The van der Waals surface area contributed by atoms with Gasteiger partial charge in [0.2, 0.25) is 5.91 Å². The molecule has 166 valence electrons. The van der Waals surface area contributed by atoms with Gasteiger partial charge in [-0.25, -0.2) is 0 Å². The number of ether oxygens (including phenoxy) is 2. The molecule has 2 aromatic carbocycles. The van der Waals surface area contributed by atoms with Crippen LogP contribution < -0.4 is 15.0 Å². The molecule has 1 aliphatic rings. The van der Waals surface area contributed by atoms with Crippen LogP contribution in [-0.2, 0) is 14.3 Å². The molecule has 1 N–H and O–H groups in total. The molecule has 0 bridgehead atoms. The summed E-state index contributed by atoms with van der Waals surface area (Å²) in [5.41, 5.74) is 3.97. The van der Waals surface area contributed by atoms with Gasteiger partial charge in [-0.15, -0.1) is 0 Å². The number of nitrogens with zero attached hydrogens (tertiary/aromatic N) is 2. The number of aryl methyl sites for hydroxylation is 2.